The summed E-state index contributed by atoms with van der Waals surface area (Å²) in [5.74, 6) is -0.137. The number of carbonyl (C=O) groups excluding carboxylic acids is 2. The molecule has 0 saturated carbocycles. The van der Waals surface area contributed by atoms with Crippen LogP contribution in [0.1, 0.15) is 19.3 Å². The molecule has 0 aromatic heterocycles. The largest absolute Gasteiger partial charge is 0.343 e. The van der Waals surface area contributed by atoms with E-state index in [0.29, 0.717) is 18.0 Å². The predicted molar refractivity (Wildman–Crippen MR) is 88.6 cm³/mol. The van der Waals surface area contributed by atoms with E-state index in [1.165, 1.54) is 0 Å². The van der Waals surface area contributed by atoms with Crippen LogP contribution in [0.3, 0.4) is 0 Å². The van der Waals surface area contributed by atoms with Crippen molar-refractivity contribution < 1.29 is 9.59 Å². The van der Waals surface area contributed by atoms with Crippen molar-refractivity contribution in [2.45, 2.75) is 31.3 Å². The van der Waals surface area contributed by atoms with Gasteiger partial charge in [0.15, 0.2) is 0 Å². The predicted octanol–water partition coefficient (Wildman–Crippen LogP) is 1.74. The van der Waals surface area contributed by atoms with Gasteiger partial charge in [0.25, 0.3) is 0 Å². The van der Waals surface area contributed by atoms with Crippen LogP contribution >= 0.6 is 24.0 Å². The van der Waals surface area contributed by atoms with E-state index in [4.69, 9.17) is 11.6 Å². The van der Waals surface area contributed by atoms with Gasteiger partial charge in [-0.15, -0.1) is 12.4 Å². The first-order valence-corrected chi connectivity index (χ1v) is 7.63. The second-order valence-electron chi connectivity index (χ2n) is 5.47. The van der Waals surface area contributed by atoms with Gasteiger partial charge < -0.3 is 15.5 Å². The van der Waals surface area contributed by atoms with E-state index in [9.17, 15) is 9.59 Å². The highest BCUT2D eigenvalue weighted by Crippen LogP contribution is 2.24. The van der Waals surface area contributed by atoms with Gasteiger partial charge in [0.05, 0.1) is 6.04 Å². The van der Waals surface area contributed by atoms with Crippen molar-refractivity contribution in [3.63, 3.8) is 0 Å². The highest BCUT2D eigenvalue weighted by molar-refractivity contribution is 6.31. The van der Waals surface area contributed by atoms with Crippen LogP contribution in [0.25, 0.3) is 0 Å². The molecule has 5 nitrogen and oxygen atoms in total. The summed E-state index contributed by atoms with van der Waals surface area (Å²) >= 11 is 5.96. The van der Waals surface area contributed by atoms with Gasteiger partial charge in [0, 0.05) is 17.3 Å². The Hall–Kier alpha value is -1.30. The summed E-state index contributed by atoms with van der Waals surface area (Å²) in [6, 6.07) is 6.63. The Kier molecular flexibility index (Phi) is 5.67. The van der Waals surface area contributed by atoms with Crippen LogP contribution in [0, 0.1) is 0 Å². The first-order chi connectivity index (χ1) is 10.1. The molecule has 3 rings (SSSR count). The summed E-state index contributed by atoms with van der Waals surface area (Å²) in [6.07, 6.45) is 2.47. The quantitative estimate of drug-likeness (QED) is 0.878. The number of carbonyl (C=O) groups is 2. The number of rotatable bonds is 3. The minimum Gasteiger partial charge on any atom is -0.343 e. The van der Waals surface area contributed by atoms with E-state index < -0.39 is 6.04 Å². The van der Waals surface area contributed by atoms with Gasteiger partial charge in [-0.05, 0) is 44.0 Å². The van der Waals surface area contributed by atoms with Crippen LogP contribution in [0.5, 0.6) is 0 Å². The van der Waals surface area contributed by atoms with Crippen LogP contribution in [0.15, 0.2) is 24.3 Å². The molecule has 22 heavy (non-hydrogen) atoms. The van der Waals surface area contributed by atoms with E-state index in [2.05, 4.69) is 10.6 Å². The summed E-state index contributed by atoms with van der Waals surface area (Å²) in [5.41, 5.74) is 0.781. The molecule has 2 fully saturated rings. The highest BCUT2D eigenvalue weighted by atomic mass is 35.5. The molecule has 0 bridgehead atoms. The molecule has 120 valence electrons. The molecule has 0 aliphatic carbocycles. The molecule has 2 atom stereocenters. The van der Waals surface area contributed by atoms with Gasteiger partial charge >= 0.3 is 0 Å². The molecule has 2 heterocycles. The van der Waals surface area contributed by atoms with Crippen molar-refractivity contribution in [2.24, 2.45) is 0 Å². The summed E-state index contributed by atoms with van der Waals surface area (Å²) in [6.45, 7) is 1.47. The first-order valence-electron chi connectivity index (χ1n) is 7.26. The van der Waals surface area contributed by atoms with E-state index in [0.717, 1.165) is 25.1 Å². The van der Waals surface area contributed by atoms with E-state index >= 15 is 0 Å². The van der Waals surface area contributed by atoms with E-state index in [1.54, 1.807) is 17.0 Å². The number of hydrogen-bond donors (Lipinski definition) is 2. The molecule has 1 aromatic rings. The summed E-state index contributed by atoms with van der Waals surface area (Å²) in [4.78, 5) is 26.2. The van der Waals surface area contributed by atoms with Crippen molar-refractivity contribution in [3.8, 4) is 0 Å². The Morgan fingerprint density at radius 2 is 2.18 bits per heavy atom. The zero-order chi connectivity index (χ0) is 14.8. The second-order valence-corrected chi connectivity index (χ2v) is 5.90. The number of benzene rings is 1. The molecular formula is C15H19Cl2N3O2. The normalized spacial score (nSPS) is 24.2. The van der Waals surface area contributed by atoms with Gasteiger partial charge in [-0.2, -0.15) is 0 Å². The number of anilines is 1. The van der Waals surface area contributed by atoms with Crippen LogP contribution in [-0.2, 0) is 9.59 Å². The third-order valence-electron chi connectivity index (χ3n) is 4.02. The van der Waals surface area contributed by atoms with E-state index in [1.807, 2.05) is 12.1 Å². The van der Waals surface area contributed by atoms with Crippen molar-refractivity contribution >= 4 is 41.5 Å². The summed E-state index contributed by atoms with van der Waals surface area (Å²) in [5, 5.41) is 6.60. The Bertz CT molecular complexity index is 561. The lowest BCUT2D eigenvalue weighted by molar-refractivity contribution is -0.127. The maximum Gasteiger partial charge on any atom is 0.249 e. The monoisotopic (exact) mass is 343 g/mol. The molecule has 2 amide bonds. The molecule has 2 aliphatic rings. The zero-order valence-corrected chi connectivity index (χ0v) is 13.6. The summed E-state index contributed by atoms with van der Waals surface area (Å²) in [7, 11) is 0. The van der Waals surface area contributed by atoms with Crippen LogP contribution in [0.2, 0.25) is 5.02 Å². The molecule has 0 radical (unpaired) electrons. The fraction of sp³-hybridized carbons (Fsp3) is 0.467. The van der Waals surface area contributed by atoms with Crippen molar-refractivity contribution in [1.82, 2.24) is 10.6 Å². The van der Waals surface area contributed by atoms with Gasteiger partial charge in [-0.1, -0.05) is 17.7 Å². The van der Waals surface area contributed by atoms with Crippen molar-refractivity contribution in [2.75, 3.05) is 18.0 Å². The Morgan fingerprint density at radius 3 is 2.86 bits per heavy atom. The minimum absolute atomic E-state index is 0. The SMILES string of the molecule is Cl.O=C(NC1CCN(c2cccc(Cl)c2)C1=O)C1CCCN1. The smallest absolute Gasteiger partial charge is 0.249 e. The molecular weight excluding hydrogens is 325 g/mol. The Morgan fingerprint density at radius 1 is 1.36 bits per heavy atom. The van der Waals surface area contributed by atoms with Crippen LogP contribution in [-0.4, -0.2) is 37.0 Å². The number of hydrogen-bond acceptors (Lipinski definition) is 3. The van der Waals surface area contributed by atoms with Gasteiger partial charge in [0.2, 0.25) is 11.8 Å². The average molecular weight is 344 g/mol. The maximum absolute atomic E-state index is 12.4. The number of halogens is 2. The molecule has 0 spiro atoms. The topological polar surface area (TPSA) is 61.4 Å². The second kappa shape index (κ2) is 7.31. The average Bonchev–Trinajstić information content (AvgIpc) is 3.10. The fourth-order valence-electron chi connectivity index (χ4n) is 2.89. The molecule has 2 saturated heterocycles. The standard InChI is InChI=1S/C15H18ClN3O2.ClH/c16-10-3-1-4-11(9-10)19-8-6-13(15(19)21)18-14(20)12-5-2-7-17-12;/h1,3-4,9,12-13,17H,2,5-8H2,(H,18,20);1H. The third-order valence-corrected chi connectivity index (χ3v) is 4.25. The molecule has 7 heteroatoms. The van der Waals surface area contributed by atoms with Crippen molar-refractivity contribution in [3.05, 3.63) is 29.3 Å². The fourth-order valence-corrected chi connectivity index (χ4v) is 3.08. The van der Waals surface area contributed by atoms with Crippen LogP contribution < -0.4 is 15.5 Å². The lowest BCUT2D eigenvalue weighted by atomic mass is 10.2. The molecule has 2 N–H and O–H groups in total. The molecule has 2 aliphatic heterocycles. The van der Waals surface area contributed by atoms with Gasteiger partial charge in [-0.25, -0.2) is 0 Å². The highest BCUT2D eigenvalue weighted by Gasteiger charge is 2.35. The van der Waals surface area contributed by atoms with E-state index in [-0.39, 0.29) is 30.3 Å². The number of nitrogens with zero attached hydrogens (tertiary/aromatic N) is 1. The van der Waals surface area contributed by atoms with Gasteiger partial charge in [0.1, 0.15) is 6.04 Å². The number of amides is 2. The minimum atomic E-state index is -0.432. The number of nitrogens with one attached hydrogen (secondary N) is 2. The van der Waals surface area contributed by atoms with Crippen LogP contribution in [0.4, 0.5) is 5.69 Å². The Labute approximate surface area is 140 Å². The molecule has 2 unspecified atom stereocenters. The van der Waals surface area contributed by atoms with Crippen molar-refractivity contribution in [1.29, 1.82) is 0 Å². The third kappa shape index (κ3) is 3.54. The summed E-state index contributed by atoms with van der Waals surface area (Å²) < 4.78 is 0. The molecule has 1 aromatic carbocycles. The Balaban J connectivity index is 0.00000176. The maximum atomic E-state index is 12.4. The van der Waals surface area contributed by atoms with Gasteiger partial charge in [-0.3, -0.25) is 9.59 Å². The lowest BCUT2D eigenvalue weighted by Gasteiger charge is -2.18. The lowest BCUT2D eigenvalue weighted by Crippen LogP contribution is -2.48. The zero-order valence-electron chi connectivity index (χ0n) is 12.0. The first kappa shape index (κ1) is 17.1.